The fraction of sp³-hybridized carbons (Fsp3) is 0.292. The number of imidazole rings is 1. The van der Waals surface area contributed by atoms with Gasteiger partial charge in [0.1, 0.15) is 17.4 Å². The van der Waals surface area contributed by atoms with E-state index in [9.17, 15) is 9.90 Å². The minimum Gasteiger partial charge on any atom is -0.509 e. The number of amidine groups is 1. The van der Waals surface area contributed by atoms with Crippen molar-refractivity contribution in [3.8, 4) is 0 Å². The van der Waals surface area contributed by atoms with Crippen LogP contribution in [0, 0.1) is 5.41 Å². The van der Waals surface area contributed by atoms with Gasteiger partial charge in [-0.05, 0) is 56.5 Å². The first-order chi connectivity index (χ1) is 15.0. The summed E-state index contributed by atoms with van der Waals surface area (Å²) in [6.45, 7) is 3.82. The third-order valence-corrected chi connectivity index (χ3v) is 6.09. The summed E-state index contributed by atoms with van der Waals surface area (Å²) in [5.74, 6) is 0.701. The lowest BCUT2D eigenvalue weighted by Crippen LogP contribution is -2.29. The number of hydrogen-bond donors (Lipinski definition) is 3. The molecular formula is C24H25N5O2. The third kappa shape index (κ3) is 3.46. The van der Waals surface area contributed by atoms with Crippen molar-refractivity contribution in [1.29, 1.82) is 5.41 Å². The van der Waals surface area contributed by atoms with Crippen LogP contribution in [0.3, 0.4) is 0 Å². The molecule has 31 heavy (non-hydrogen) atoms. The Morgan fingerprint density at radius 1 is 1.10 bits per heavy atom. The summed E-state index contributed by atoms with van der Waals surface area (Å²) in [4.78, 5) is 23.8. The van der Waals surface area contributed by atoms with Crippen molar-refractivity contribution in [2.75, 3.05) is 29.4 Å². The van der Waals surface area contributed by atoms with Crippen molar-refractivity contribution >= 4 is 39.6 Å². The number of carbonyl (C=O) groups excluding carboxylic acids is 1. The Kier molecular flexibility index (Phi) is 4.73. The number of carbonyl (C=O) groups is 1. The molecule has 0 bridgehead atoms. The van der Waals surface area contributed by atoms with Crippen molar-refractivity contribution < 1.29 is 9.90 Å². The maximum absolute atomic E-state index is 11.7. The van der Waals surface area contributed by atoms with Crippen LogP contribution in [0.2, 0.25) is 0 Å². The lowest BCUT2D eigenvalue weighted by atomic mass is 10.1. The summed E-state index contributed by atoms with van der Waals surface area (Å²) in [5.41, 5.74) is 4.53. The van der Waals surface area contributed by atoms with Crippen LogP contribution in [0.25, 0.3) is 16.6 Å². The number of anilines is 2. The molecule has 158 valence electrons. The van der Waals surface area contributed by atoms with E-state index in [2.05, 4.69) is 27.0 Å². The predicted octanol–water partition coefficient (Wildman–Crippen LogP) is 4.52. The minimum atomic E-state index is -0.0354. The number of aliphatic hydroxyl groups excluding tert-OH is 1. The molecule has 1 aromatic heterocycles. The Morgan fingerprint density at radius 3 is 2.68 bits per heavy atom. The van der Waals surface area contributed by atoms with Gasteiger partial charge in [0.05, 0.1) is 23.2 Å². The highest BCUT2D eigenvalue weighted by Gasteiger charge is 2.31. The summed E-state index contributed by atoms with van der Waals surface area (Å²) in [6, 6.07) is 13.3. The minimum absolute atomic E-state index is 0.0354. The molecule has 2 aromatic carbocycles. The number of Topliss-reactive ketones (excluding diaryl/α,β-unsaturated/α-hetero) is 1. The number of nitrogens with one attached hydrogen (secondary N) is 2. The number of ketones is 1. The summed E-state index contributed by atoms with van der Waals surface area (Å²) in [5, 5.41) is 19.3. The molecule has 2 aliphatic heterocycles. The fourth-order valence-corrected chi connectivity index (χ4v) is 4.41. The molecule has 3 heterocycles. The maximum Gasteiger partial charge on any atom is 0.159 e. The molecule has 0 spiro atoms. The summed E-state index contributed by atoms with van der Waals surface area (Å²) < 4.78 is 0. The van der Waals surface area contributed by atoms with E-state index in [1.54, 1.807) is 23.1 Å². The number of fused-ring (bicyclic) bond motifs is 1. The van der Waals surface area contributed by atoms with Crippen molar-refractivity contribution in [1.82, 2.24) is 9.97 Å². The quantitative estimate of drug-likeness (QED) is 0.545. The zero-order chi connectivity index (χ0) is 21.5. The third-order valence-electron chi connectivity index (χ3n) is 6.09. The van der Waals surface area contributed by atoms with Crippen LogP contribution in [-0.2, 0) is 0 Å². The first-order valence-corrected chi connectivity index (χ1v) is 10.7. The van der Waals surface area contributed by atoms with Gasteiger partial charge in [-0.2, -0.15) is 0 Å². The second kappa shape index (κ2) is 7.58. The zero-order valence-corrected chi connectivity index (χ0v) is 17.5. The Bertz CT molecular complexity index is 1220. The van der Waals surface area contributed by atoms with Crippen LogP contribution >= 0.6 is 0 Å². The van der Waals surface area contributed by atoms with Gasteiger partial charge in [0.2, 0.25) is 0 Å². The predicted molar refractivity (Wildman–Crippen MR) is 123 cm³/mol. The fourth-order valence-electron chi connectivity index (χ4n) is 4.41. The lowest BCUT2D eigenvalue weighted by molar-refractivity contribution is 0.101. The number of aliphatic hydroxyl groups is 1. The van der Waals surface area contributed by atoms with Gasteiger partial charge < -0.3 is 19.9 Å². The highest BCUT2D eigenvalue weighted by atomic mass is 16.3. The number of piperidine rings is 1. The van der Waals surface area contributed by atoms with Crippen LogP contribution in [0.15, 0.2) is 48.2 Å². The molecule has 3 aromatic rings. The van der Waals surface area contributed by atoms with Gasteiger partial charge in [-0.1, -0.05) is 12.1 Å². The van der Waals surface area contributed by atoms with Crippen molar-refractivity contribution in [3.05, 3.63) is 59.6 Å². The van der Waals surface area contributed by atoms with Gasteiger partial charge in [-0.15, -0.1) is 0 Å². The average Bonchev–Trinajstić information content (AvgIpc) is 3.33. The molecule has 3 N–H and O–H groups in total. The van der Waals surface area contributed by atoms with E-state index in [0.29, 0.717) is 22.6 Å². The Hall–Kier alpha value is -3.61. The molecule has 0 atom stereocenters. The van der Waals surface area contributed by atoms with Gasteiger partial charge in [-0.25, -0.2) is 4.98 Å². The highest BCUT2D eigenvalue weighted by Crippen LogP contribution is 2.32. The van der Waals surface area contributed by atoms with E-state index in [1.807, 2.05) is 12.1 Å². The molecule has 0 radical (unpaired) electrons. The Labute approximate surface area is 180 Å². The van der Waals surface area contributed by atoms with Gasteiger partial charge in [-0.3, -0.25) is 10.2 Å². The maximum atomic E-state index is 11.7. The van der Waals surface area contributed by atoms with E-state index in [-0.39, 0.29) is 23.9 Å². The van der Waals surface area contributed by atoms with Gasteiger partial charge >= 0.3 is 0 Å². The zero-order valence-electron chi connectivity index (χ0n) is 17.5. The van der Waals surface area contributed by atoms with Crippen LogP contribution < -0.4 is 9.80 Å². The van der Waals surface area contributed by atoms with E-state index in [0.717, 1.165) is 24.1 Å². The molecule has 7 heteroatoms. The topological polar surface area (TPSA) is 96.3 Å². The van der Waals surface area contributed by atoms with Crippen LogP contribution in [0.1, 0.15) is 42.4 Å². The average molecular weight is 415 g/mol. The second-order valence-corrected chi connectivity index (χ2v) is 8.20. The molecule has 7 nitrogen and oxygen atoms in total. The number of aromatic amines is 1. The molecule has 5 rings (SSSR count). The number of H-pyrrole nitrogens is 1. The highest BCUT2D eigenvalue weighted by molar-refractivity contribution is 6.30. The monoisotopic (exact) mass is 415 g/mol. The Balaban J connectivity index is 1.45. The molecule has 0 saturated carbocycles. The van der Waals surface area contributed by atoms with E-state index in [4.69, 9.17) is 5.41 Å². The van der Waals surface area contributed by atoms with Crippen molar-refractivity contribution in [2.45, 2.75) is 26.2 Å². The lowest BCUT2D eigenvalue weighted by Gasteiger charge is -2.28. The Morgan fingerprint density at radius 2 is 1.90 bits per heavy atom. The number of nitrogens with zero attached hydrogens (tertiary/aromatic N) is 3. The number of aromatic nitrogens is 2. The molecule has 0 unspecified atom stereocenters. The second-order valence-electron chi connectivity index (χ2n) is 8.20. The molecule has 1 fully saturated rings. The molecule has 1 saturated heterocycles. The van der Waals surface area contributed by atoms with Crippen molar-refractivity contribution in [2.24, 2.45) is 0 Å². The van der Waals surface area contributed by atoms with Gasteiger partial charge in [0.15, 0.2) is 5.78 Å². The summed E-state index contributed by atoms with van der Waals surface area (Å²) in [7, 11) is 0. The van der Waals surface area contributed by atoms with Crippen molar-refractivity contribution in [3.63, 3.8) is 0 Å². The van der Waals surface area contributed by atoms with Crippen LogP contribution in [0.4, 0.5) is 11.4 Å². The smallest absolute Gasteiger partial charge is 0.159 e. The molecule has 0 aliphatic carbocycles. The first kappa shape index (κ1) is 19.4. The molecule has 2 aliphatic rings. The van der Waals surface area contributed by atoms with Gasteiger partial charge in [0, 0.05) is 30.0 Å². The van der Waals surface area contributed by atoms with Gasteiger partial charge in [0.25, 0.3) is 0 Å². The van der Waals surface area contributed by atoms with Crippen LogP contribution in [0.5, 0.6) is 0 Å². The normalized spacial score (nSPS) is 17.1. The number of rotatable bonds is 4. The SMILES string of the molecule is CC(=O)c1cccc(N2CC(O)=C(c3nc4ccc(N5CCCCC5)cc4[nH]3)C2=N)c1. The summed E-state index contributed by atoms with van der Waals surface area (Å²) in [6.07, 6.45) is 3.71. The van der Waals surface area contributed by atoms with Crippen LogP contribution in [-0.4, -0.2) is 46.3 Å². The standard InChI is InChI=1S/C24H25N5O2/c1-15(30)16-6-5-7-18(12-16)29-14-21(31)22(23(29)25)24-26-19-9-8-17(13-20(19)27-24)28-10-3-2-4-11-28/h5-9,12-13,25,31H,2-4,10-11,14H2,1H3,(H,26,27). The largest absolute Gasteiger partial charge is 0.509 e. The molecule has 0 amide bonds. The summed E-state index contributed by atoms with van der Waals surface area (Å²) >= 11 is 0. The number of benzene rings is 2. The first-order valence-electron chi connectivity index (χ1n) is 10.7. The molecular weight excluding hydrogens is 390 g/mol. The van der Waals surface area contributed by atoms with E-state index in [1.165, 1.54) is 31.9 Å². The van der Waals surface area contributed by atoms with E-state index < -0.39 is 0 Å². The number of hydrogen-bond acceptors (Lipinski definition) is 5. The van der Waals surface area contributed by atoms with E-state index >= 15 is 0 Å².